The molecule has 5 nitrogen and oxygen atoms in total. The van der Waals surface area contributed by atoms with Gasteiger partial charge in [0.15, 0.2) is 0 Å². The van der Waals surface area contributed by atoms with Crippen LogP contribution in [-0.2, 0) is 21.5 Å². The Kier molecular flexibility index (Phi) is 5.34. The number of aliphatic carboxylic acids is 1. The van der Waals surface area contributed by atoms with Crippen LogP contribution in [0.15, 0.2) is 12.1 Å². The number of carboxylic acids is 1. The molecule has 2 N–H and O–H groups in total. The molecule has 138 valence electrons. The van der Waals surface area contributed by atoms with E-state index in [2.05, 4.69) is 19.2 Å². The Morgan fingerprint density at radius 1 is 1.36 bits per heavy atom. The van der Waals surface area contributed by atoms with E-state index in [4.69, 9.17) is 21.5 Å². The van der Waals surface area contributed by atoms with Gasteiger partial charge in [-0.3, -0.25) is 4.79 Å². The number of carbonyl (C=O) groups is 2. The van der Waals surface area contributed by atoms with Crippen molar-refractivity contribution in [2.24, 2.45) is 0 Å². The van der Waals surface area contributed by atoms with E-state index >= 15 is 0 Å². The first-order valence-electron chi connectivity index (χ1n) is 7.58. The predicted molar refractivity (Wildman–Crippen MR) is 86.8 cm³/mol. The van der Waals surface area contributed by atoms with Gasteiger partial charge in [0.25, 0.3) is 0 Å². The number of benzene rings is 1. The van der Waals surface area contributed by atoms with Gasteiger partial charge in [0.1, 0.15) is 0 Å². The Morgan fingerprint density at radius 2 is 1.96 bits per heavy atom. The Hall–Kier alpha value is -1.80. The molecule has 0 saturated heterocycles. The first-order valence-corrected chi connectivity index (χ1v) is 7.96. The molecule has 2 aliphatic rings. The van der Waals surface area contributed by atoms with Crippen LogP contribution in [0.2, 0.25) is 5.02 Å². The standard InChI is InChI=1S/C14H17ClN2O.C2HF3O2/c1-14(2)7-11(18)17-6-5-16-8-9-3-4-10(15)12(14)13(9)17;3-2(4,5)1(6)7/h3-4,16H,5-8H2,1-2H3;(H,6,7). The van der Waals surface area contributed by atoms with Crippen molar-refractivity contribution in [1.29, 1.82) is 0 Å². The molecule has 0 aromatic heterocycles. The van der Waals surface area contributed by atoms with Gasteiger partial charge < -0.3 is 15.3 Å². The summed E-state index contributed by atoms with van der Waals surface area (Å²) >= 11 is 6.39. The van der Waals surface area contributed by atoms with Crippen LogP contribution in [0.4, 0.5) is 18.9 Å². The normalized spacial score (nSPS) is 18.6. The second kappa shape index (κ2) is 6.84. The van der Waals surface area contributed by atoms with Crippen LogP contribution in [0.3, 0.4) is 0 Å². The minimum atomic E-state index is -5.08. The zero-order valence-corrected chi connectivity index (χ0v) is 14.5. The first-order chi connectivity index (χ1) is 11.4. The molecule has 0 spiro atoms. The van der Waals surface area contributed by atoms with Crippen molar-refractivity contribution >= 4 is 29.2 Å². The fourth-order valence-electron chi connectivity index (χ4n) is 3.04. The monoisotopic (exact) mass is 378 g/mol. The molecule has 2 aliphatic heterocycles. The van der Waals surface area contributed by atoms with Crippen molar-refractivity contribution < 1.29 is 27.9 Å². The van der Waals surface area contributed by atoms with Crippen molar-refractivity contribution in [2.45, 2.75) is 38.4 Å². The first kappa shape index (κ1) is 19.5. The van der Waals surface area contributed by atoms with Crippen molar-refractivity contribution in [3.63, 3.8) is 0 Å². The molecule has 1 aromatic rings. The number of hydrogen-bond donors (Lipinski definition) is 2. The molecule has 0 saturated carbocycles. The van der Waals surface area contributed by atoms with E-state index < -0.39 is 12.1 Å². The number of alkyl halides is 3. The number of carboxylic acid groups (broad SMARTS) is 1. The van der Waals surface area contributed by atoms with Crippen molar-refractivity contribution in [3.05, 3.63) is 28.3 Å². The van der Waals surface area contributed by atoms with E-state index in [1.807, 2.05) is 17.0 Å². The molecule has 3 rings (SSSR count). The number of carbonyl (C=O) groups excluding carboxylic acids is 1. The summed E-state index contributed by atoms with van der Waals surface area (Å²) in [6, 6.07) is 3.99. The molecule has 25 heavy (non-hydrogen) atoms. The summed E-state index contributed by atoms with van der Waals surface area (Å²) in [4.78, 5) is 23.1. The molecule has 0 fully saturated rings. The van der Waals surface area contributed by atoms with Gasteiger partial charge in [0, 0.05) is 42.1 Å². The largest absolute Gasteiger partial charge is 0.490 e. The van der Waals surface area contributed by atoms with Crippen molar-refractivity contribution in [3.8, 4) is 0 Å². The van der Waals surface area contributed by atoms with Gasteiger partial charge in [-0.2, -0.15) is 13.2 Å². The lowest BCUT2D eigenvalue weighted by atomic mass is 9.76. The summed E-state index contributed by atoms with van der Waals surface area (Å²) in [6.07, 6.45) is -4.55. The van der Waals surface area contributed by atoms with E-state index in [1.54, 1.807) is 0 Å². The number of amides is 1. The van der Waals surface area contributed by atoms with Gasteiger partial charge in [-0.15, -0.1) is 0 Å². The zero-order chi connectivity index (χ0) is 19.0. The van der Waals surface area contributed by atoms with Crippen molar-refractivity contribution in [1.82, 2.24) is 5.32 Å². The summed E-state index contributed by atoms with van der Waals surface area (Å²) in [5.41, 5.74) is 3.17. The molecule has 0 atom stereocenters. The molecule has 1 aromatic carbocycles. The fourth-order valence-corrected chi connectivity index (χ4v) is 3.45. The van der Waals surface area contributed by atoms with Gasteiger partial charge in [-0.1, -0.05) is 31.5 Å². The number of nitrogens with one attached hydrogen (secondary N) is 1. The summed E-state index contributed by atoms with van der Waals surface area (Å²) in [7, 11) is 0. The smallest absolute Gasteiger partial charge is 0.475 e. The average Bonchev–Trinajstić information content (AvgIpc) is 2.67. The number of halogens is 4. The minimum Gasteiger partial charge on any atom is -0.475 e. The lowest BCUT2D eigenvalue weighted by molar-refractivity contribution is -0.192. The van der Waals surface area contributed by atoms with Crippen LogP contribution in [0, 0.1) is 0 Å². The van der Waals surface area contributed by atoms with E-state index in [0.29, 0.717) is 6.42 Å². The van der Waals surface area contributed by atoms with E-state index in [1.165, 1.54) is 5.56 Å². The zero-order valence-electron chi connectivity index (χ0n) is 13.7. The third-order valence-corrected chi connectivity index (χ3v) is 4.44. The summed E-state index contributed by atoms with van der Waals surface area (Å²) in [5.74, 6) is -2.55. The number of hydrogen-bond acceptors (Lipinski definition) is 3. The molecule has 0 aliphatic carbocycles. The van der Waals surface area contributed by atoms with Gasteiger partial charge >= 0.3 is 12.1 Å². The van der Waals surface area contributed by atoms with Gasteiger partial charge in [0.05, 0.1) is 5.69 Å². The van der Waals surface area contributed by atoms with Gasteiger partial charge in [0.2, 0.25) is 5.91 Å². The molecule has 0 radical (unpaired) electrons. The van der Waals surface area contributed by atoms with Crippen LogP contribution in [0.5, 0.6) is 0 Å². The molecule has 2 heterocycles. The predicted octanol–water partition coefficient (Wildman–Crippen LogP) is 3.09. The lowest BCUT2D eigenvalue weighted by Gasteiger charge is -2.39. The second-order valence-corrected chi connectivity index (χ2v) is 6.92. The lowest BCUT2D eigenvalue weighted by Crippen LogP contribution is -2.43. The minimum absolute atomic E-state index is 0.180. The van der Waals surface area contributed by atoms with Gasteiger partial charge in [-0.05, 0) is 11.6 Å². The highest BCUT2D eigenvalue weighted by Crippen LogP contribution is 2.46. The topological polar surface area (TPSA) is 69.6 Å². The quantitative estimate of drug-likeness (QED) is 0.728. The van der Waals surface area contributed by atoms with E-state index in [0.717, 1.165) is 35.9 Å². The number of nitrogens with zero attached hydrogens (tertiary/aromatic N) is 1. The second-order valence-electron chi connectivity index (χ2n) is 6.52. The van der Waals surface area contributed by atoms with Crippen LogP contribution in [-0.4, -0.2) is 36.2 Å². The highest BCUT2D eigenvalue weighted by molar-refractivity contribution is 6.32. The van der Waals surface area contributed by atoms with E-state index in [-0.39, 0.29) is 11.3 Å². The summed E-state index contributed by atoms with van der Waals surface area (Å²) in [6.45, 7) is 6.57. The van der Waals surface area contributed by atoms with Crippen molar-refractivity contribution in [2.75, 3.05) is 18.0 Å². The molecule has 0 unspecified atom stereocenters. The maximum atomic E-state index is 12.3. The van der Waals surface area contributed by atoms with Crippen LogP contribution < -0.4 is 10.2 Å². The summed E-state index contributed by atoms with van der Waals surface area (Å²) < 4.78 is 31.7. The SMILES string of the molecule is CC1(C)CC(=O)N2CCNCc3ccc(Cl)c1c32.O=C(O)C(F)(F)F. The van der Waals surface area contributed by atoms with E-state index in [9.17, 15) is 18.0 Å². The van der Waals surface area contributed by atoms with Crippen LogP contribution in [0.1, 0.15) is 31.4 Å². The van der Waals surface area contributed by atoms with Crippen LogP contribution in [0.25, 0.3) is 0 Å². The Morgan fingerprint density at radius 3 is 2.52 bits per heavy atom. The Labute approximate surface area is 147 Å². The summed E-state index contributed by atoms with van der Waals surface area (Å²) in [5, 5.41) is 11.3. The highest BCUT2D eigenvalue weighted by atomic mass is 35.5. The highest BCUT2D eigenvalue weighted by Gasteiger charge is 2.40. The third-order valence-electron chi connectivity index (χ3n) is 4.12. The van der Waals surface area contributed by atoms with Gasteiger partial charge in [-0.25, -0.2) is 4.79 Å². The Balaban J connectivity index is 0.000000277. The number of anilines is 1. The maximum Gasteiger partial charge on any atom is 0.490 e. The van der Waals surface area contributed by atoms with Crippen LogP contribution >= 0.6 is 11.6 Å². The Bertz CT molecular complexity index is 705. The molecule has 9 heteroatoms. The third kappa shape index (κ3) is 4.07. The maximum absolute atomic E-state index is 12.3. The average molecular weight is 379 g/mol. The fraction of sp³-hybridized carbons (Fsp3) is 0.500. The molecular weight excluding hydrogens is 361 g/mol. The molecular formula is C16H18ClF3N2O3. The molecule has 0 bridgehead atoms. The number of rotatable bonds is 0. The molecule has 1 amide bonds.